The van der Waals surface area contributed by atoms with E-state index in [4.69, 9.17) is 0 Å². The van der Waals surface area contributed by atoms with E-state index in [2.05, 4.69) is 0 Å². The van der Waals surface area contributed by atoms with E-state index in [9.17, 15) is 31.1 Å². The molecule has 1 heterocycles. The molecule has 15 heavy (non-hydrogen) atoms. The lowest BCUT2D eigenvalue weighted by Gasteiger charge is -2.07. The summed E-state index contributed by atoms with van der Waals surface area (Å²) in [6, 6.07) is -0.0467. The Morgan fingerprint density at radius 3 is 2.13 bits per heavy atom. The second-order valence-electron chi connectivity index (χ2n) is 2.58. The maximum atomic E-state index is 12.7. The Labute approximate surface area is 78.5 Å². The molecule has 0 aliphatic heterocycles. The van der Waals surface area contributed by atoms with Crippen molar-refractivity contribution in [3.05, 3.63) is 33.5 Å². The fourth-order valence-electron chi connectivity index (χ4n) is 0.929. The van der Waals surface area contributed by atoms with Gasteiger partial charge in [0.15, 0.2) is 5.56 Å². The summed E-state index contributed by atoms with van der Waals surface area (Å²) in [4.78, 5) is 11.9. The van der Waals surface area contributed by atoms with Crippen LogP contribution in [0.25, 0.3) is 0 Å². The number of aromatic nitrogens is 1. The molecule has 0 aliphatic rings. The highest BCUT2D eigenvalue weighted by atomic mass is 19.4. The van der Waals surface area contributed by atoms with Gasteiger partial charge in [-0.25, -0.2) is 13.2 Å². The number of hydrogen-bond donors (Lipinski definition) is 1. The predicted molar refractivity (Wildman–Crippen MR) is 37.0 cm³/mol. The van der Waals surface area contributed by atoms with E-state index in [0.717, 1.165) is 0 Å². The van der Waals surface area contributed by atoms with Crippen LogP contribution in [0.1, 0.15) is 17.7 Å². The van der Waals surface area contributed by atoms with Gasteiger partial charge < -0.3 is 4.98 Å². The number of H-pyrrole nitrogens is 1. The number of alkyl halides is 5. The molecule has 0 aromatic carbocycles. The topological polar surface area (TPSA) is 32.9 Å². The van der Waals surface area contributed by atoms with Crippen LogP contribution in [0.5, 0.6) is 0 Å². The zero-order chi connectivity index (χ0) is 11.8. The molecule has 84 valence electrons. The lowest BCUT2D eigenvalue weighted by molar-refractivity contribution is -0.141. The van der Waals surface area contributed by atoms with Crippen LogP contribution < -0.4 is 5.56 Å². The van der Waals surface area contributed by atoms with Gasteiger partial charge in [-0.2, -0.15) is 13.2 Å². The zero-order valence-electron chi connectivity index (χ0n) is 6.83. The average Bonchev–Trinajstić information content (AvgIpc) is 1.99. The van der Waals surface area contributed by atoms with E-state index >= 15 is 0 Å². The molecule has 1 aromatic rings. The monoisotopic (exact) mass is 231 g/mol. The van der Waals surface area contributed by atoms with Crippen molar-refractivity contribution < 1.29 is 26.3 Å². The number of nitrogens with one attached hydrogen (secondary N) is 1. The highest BCUT2D eigenvalue weighted by Crippen LogP contribution is 2.29. The number of hydrogen-bond acceptors (Lipinski definition) is 1. The molecule has 0 unspecified atom stereocenters. The Morgan fingerprint density at radius 1 is 1.27 bits per heavy atom. The smallest absolute Gasteiger partial charge is 0.320 e. The van der Waals surface area contributed by atoms with Crippen LogP contribution in [-0.2, 0) is 6.18 Å². The van der Waals surface area contributed by atoms with Crippen molar-refractivity contribution >= 4 is 0 Å². The number of rotatable bonds is 1. The summed E-state index contributed by atoms with van der Waals surface area (Å²) in [5, 5.41) is 0. The van der Waals surface area contributed by atoms with E-state index < -0.39 is 35.2 Å². The van der Waals surface area contributed by atoms with E-state index in [0.29, 0.717) is 0 Å². The Balaban J connectivity index is 3.42. The van der Waals surface area contributed by atoms with Crippen molar-refractivity contribution in [1.82, 2.24) is 4.98 Å². The van der Waals surface area contributed by atoms with Gasteiger partial charge in [0.25, 0.3) is 12.0 Å². The number of halogens is 6. The Kier molecular flexibility index (Phi) is 2.78. The van der Waals surface area contributed by atoms with Crippen molar-refractivity contribution in [2.75, 3.05) is 0 Å². The van der Waals surface area contributed by atoms with Crippen LogP contribution in [0.3, 0.4) is 0 Å². The molecule has 0 atom stereocenters. The van der Waals surface area contributed by atoms with Gasteiger partial charge in [0.1, 0.15) is 5.82 Å². The summed E-state index contributed by atoms with van der Waals surface area (Å²) >= 11 is 0. The fourth-order valence-corrected chi connectivity index (χ4v) is 0.929. The summed E-state index contributed by atoms with van der Waals surface area (Å²) < 4.78 is 72.6. The first-order chi connectivity index (χ1) is 6.73. The highest BCUT2D eigenvalue weighted by molar-refractivity contribution is 5.20. The summed E-state index contributed by atoms with van der Waals surface area (Å²) in [6.45, 7) is 0. The second-order valence-corrected chi connectivity index (χ2v) is 2.58. The van der Waals surface area contributed by atoms with Crippen molar-refractivity contribution in [1.29, 1.82) is 0 Å². The number of pyridine rings is 1. The lowest BCUT2D eigenvalue weighted by Crippen LogP contribution is -2.25. The lowest BCUT2D eigenvalue weighted by atomic mass is 10.2. The minimum atomic E-state index is -5.21. The zero-order valence-corrected chi connectivity index (χ0v) is 6.83. The molecule has 8 heteroatoms. The molecule has 1 N–H and O–H groups in total. The van der Waals surface area contributed by atoms with Crippen LogP contribution in [0.4, 0.5) is 26.3 Å². The first-order valence-electron chi connectivity index (χ1n) is 3.51. The van der Waals surface area contributed by atoms with Crippen LogP contribution >= 0.6 is 0 Å². The second kappa shape index (κ2) is 3.59. The molecule has 0 fully saturated rings. The van der Waals surface area contributed by atoms with E-state index in [1.165, 1.54) is 4.98 Å². The van der Waals surface area contributed by atoms with Gasteiger partial charge in [0.2, 0.25) is 0 Å². The third-order valence-electron chi connectivity index (χ3n) is 1.52. The van der Waals surface area contributed by atoms with Crippen molar-refractivity contribution in [2.24, 2.45) is 0 Å². The summed E-state index contributed by atoms with van der Waals surface area (Å²) in [5.41, 5.74) is -5.21. The largest absolute Gasteiger partial charge is 0.424 e. The maximum Gasteiger partial charge on any atom is 0.424 e. The third kappa shape index (κ3) is 2.31. The molecular weight excluding hydrogens is 228 g/mol. The van der Waals surface area contributed by atoms with Crippen LogP contribution in [0, 0.1) is 5.82 Å². The molecule has 1 rings (SSSR count). The predicted octanol–water partition coefficient (Wildman–Crippen LogP) is 2.47. The van der Waals surface area contributed by atoms with Crippen LogP contribution in [0.15, 0.2) is 10.9 Å². The Hall–Kier alpha value is -1.47. The first-order valence-corrected chi connectivity index (χ1v) is 3.51. The van der Waals surface area contributed by atoms with Gasteiger partial charge in [-0.05, 0) is 6.07 Å². The van der Waals surface area contributed by atoms with Crippen LogP contribution in [0.2, 0.25) is 0 Å². The minimum Gasteiger partial charge on any atom is -0.320 e. The molecule has 0 bridgehead atoms. The molecule has 0 amide bonds. The van der Waals surface area contributed by atoms with Gasteiger partial charge in [-0.3, -0.25) is 4.79 Å². The SMILES string of the molecule is O=c1[nH]c(C(F)F)cc(F)c1C(F)(F)F. The molecule has 2 nitrogen and oxygen atoms in total. The highest BCUT2D eigenvalue weighted by Gasteiger charge is 2.38. The first kappa shape index (κ1) is 11.6. The maximum absolute atomic E-state index is 12.7. The molecule has 1 aromatic heterocycles. The Morgan fingerprint density at radius 2 is 1.80 bits per heavy atom. The van der Waals surface area contributed by atoms with Crippen molar-refractivity contribution in [2.45, 2.75) is 12.6 Å². The minimum absolute atomic E-state index is 0.0467. The van der Waals surface area contributed by atoms with Gasteiger partial charge in [-0.1, -0.05) is 0 Å². The van der Waals surface area contributed by atoms with Gasteiger partial charge in [-0.15, -0.1) is 0 Å². The molecule has 0 saturated heterocycles. The summed E-state index contributed by atoms with van der Waals surface area (Å²) in [6.07, 6.45) is -8.45. The molecule has 0 spiro atoms. The molecular formula is C7H3F6NO. The van der Waals surface area contributed by atoms with E-state index in [1.54, 1.807) is 0 Å². The standard InChI is InChI=1S/C7H3F6NO/c8-2-1-3(5(9)10)14-6(15)4(2)7(11,12)13/h1,5H,(H,14,15). The van der Waals surface area contributed by atoms with Gasteiger partial charge in [0, 0.05) is 0 Å². The quantitative estimate of drug-likeness (QED) is 0.740. The normalized spacial score (nSPS) is 12.2. The van der Waals surface area contributed by atoms with Gasteiger partial charge >= 0.3 is 6.18 Å². The van der Waals surface area contributed by atoms with Gasteiger partial charge in [0.05, 0.1) is 5.69 Å². The third-order valence-corrected chi connectivity index (χ3v) is 1.52. The molecule has 0 saturated carbocycles. The van der Waals surface area contributed by atoms with Crippen LogP contribution in [-0.4, -0.2) is 4.98 Å². The average molecular weight is 231 g/mol. The number of aromatic amines is 1. The Bertz CT molecular complexity index is 420. The van der Waals surface area contributed by atoms with E-state index in [1.807, 2.05) is 0 Å². The van der Waals surface area contributed by atoms with E-state index in [-0.39, 0.29) is 6.07 Å². The summed E-state index contributed by atoms with van der Waals surface area (Å²) in [5.74, 6) is -2.01. The van der Waals surface area contributed by atoms with Crippen molar-refractivity contribution in [3.8, 4) is 0 Å². The van der Waals surface area contributed by atoms with Crippen molar-refractivity contribution in [3.63, 3.8) is 0 Å². The molecule has 0 radical (unpaired) electrons. The summed E-state index contributed by atoms with van der Waals surface area (Å²) in [7, 11) is 0. The fraction of sp³-hybridized carbons (Fsp3) is 0.286. The molecule has 0 aliphatic carbocycles.